The van der Waals surface area contributed by atoms with Crippen molar-refractivity contribution in [2.24, 2.45) is 5.92 Å². The summed E-state index contributed by atoms with van der Waals surface area (Å²) in [5.41, 5.74) is 1.54. The molecule has 3 rings (SSSR count). The maximum absolute atomic E-state index is 11.3. The predicted octanol–water partition coefficient (Wildman–Crippen LogP) is 2.79. The van der Waals surface area contributed by atoms with Crippen molar-refractivity contribution in [1.29, 1.82) is 0 Å². The number of piperidine rings is 1. The van der Waals surface area contributed by atoms with Gasteiger partial charge in [-0.05, 0) is 42.2 Å². The second-order valence-electron chi connectivity index (χ2n) is 5.80. The minimum absolute atomic E-state index is 0. The molecule has 0 atom stereocenters. The standard InChI is InChI=1S/C15H22N2OS.ClH/c1-12(18)17-7-2-13(3-8-17)10-16-6-4-15-14(11-16)5-9-19-15;/h5,9,13H,2-4,6-8,10-11H2,1H3;1H. The molecule has 1 amide bonds. The number of hydrogen-bond donors (Lipinski definition) is 0. The van der Waals surface area contributed by atoms with Crippen LogP contribution in [0.1, 0.15) is 30.2 Å². The van der Waals surface area contributed by atoms with Crippen molar-refractivity contribution in [3.8, 4) is 0 Å². The van der Waals surface area contributed by atoms with E-state index >= 15 is 0 Å². The number of fused-ring (bicyclic) bond motifs is 1. The summed E-state index contributed by atoms with van der Waals surface area (Å²) < 4.78 is 0. The minimum atomic E-state index is 0. The molecule has 0 saturated carbocycles. The topological polar surface area (TPSA) is 23.6 Å². The average molecular weight is 315 g/mol. The number of carbonyl (C=O) groups is 1. The van der Waals surface area contributed by atoms with E-state index in [4.69, 9.17) is 0 Å². The maximum atomic E-state index is 11.3. The number of rotatable bonds is 2. The van der Waals surface area contributed by atoms with Crippen molar-refractivity contribution in [1.82, 2.24) is 9.80 Å². The monoisotopic (exact) mass is 314 g/mol. The molecular formula is C15H23ClN2OS. The van der Waals surface area contributed by atoms with Crippen LogP contribution >= 0.6 is 23.7 Å². The Bertz CT molecular complexity index is 454. The van der Waals surface area contributed by atoms with Crippen molar-refractivity contribution in [3.05, 3.63) is 21.9 Å². The maximum Gasteiger partial charge on any atom is 0.219 e. The van der Waals surface area contributed by atoms with E-state index in [1.54, 1.807) is 11.8 Å². The average Bonchev–Trinajstić information content (AvgIpc) is 2.87. The van der Waals surface area contributed by atoms with Crippen LogP contribution in [0.3, 0.4) is 0 Å². The summed E-state index contributed by atoms with van der Waals surface area (Å²) in [7, 11) is 0. The van der Waals surface area contributed by atoms with E-state index in [9.17, 15) is 4.79 Å². The zero-order valence-electron chi connectivity index (χ0n) is 12.0. The number of thiophene rings is 1. The molecule has 1 fully saturated rings. The SMILES string of the molecule is CC(=O)N1CCC(CN2CCc3sccc3C2)CC1.Cl. The quantitative estimate of drug-likeness (QED) is 0.838. The number of carbonyl (C=O) groups excluding carboxylic acids is 1. The lowest BCUT2D eigenvalue weighted by molar-refractivity contribution is -0.130. The summed E-state index contributed by atoms with van der Waals surface area (Å²) in [5.74, 6) is 1.01. The van der Waals surface area contributed by atoms with Gasteiger partial charge in [-0.2, -0.15) is 0 Å². The van der Waals surface area contributed by atoms with Gasteiger partial charge in [-0.25, -0.2) is 0 Å². The largest absolute Gasteiger partial charge is 0.343 e. The summed E-state index contributed by atoms with van der Waals surface area (Å²) in [4.78, 5) is 17.5. The Balaban J connectivity index is 0.00000147. The molecule has 2 aliphatic heterocycles. The molecule has 0 bridgehead atoms. The summed E-state index contributed by atoms with van der Waals surface area (Å²) in [6.07, 6.45) is 3.57. The number of likely N-dealkylation sites (tertiary alicyclic amines) is 1. The van der Waals surface area contributed by atoms with Crippen LogP contribution in [0.5, 0.6) is 0 Å². The molecular weight excluding hydrogens is 292 g/mol. The van der Waals surface area contributed by atoms with Crippen molar-refractivity contribution in [2.45, 2.75) is 32.7 Å². The Kier molecular flexibility index (Phi) is 5.47. The third-order valence-electron chi connectivity index (χ3n) is 4.46. The van der Waals surface area contributed by atoms with Gasteiger partial charge in [-0.15, -0.1) is 23.7 Å². The third kappa shape index (κ3) is 3.54. The first kappa shape index (κ1) is 15.8. The molecule has 0 aliphatic carbocycles. The second kappa shape index (κ2) is 6.92. The Morgan fingerprint density at radius 3 is 2.80 bits per heavy atom. The van der Waals surface area contributed by atoms with Crippen molar-refractivity contribution < 1.29 is 4.79 Å². The zero-order valence-corrected chi connectivity index (χ0v) is 13.6. The van der Waals surface area contributed by atoms with Gasteiger partial charge in [0.2, 0.25) is 5.91 Å². The lowest BCUT2D eigenvalue weighted by Gasteiger charge is -2.35. The normalized spacial score (nSPS) is 20.4. The lowest BCUT2D eigenvalue weighted by Crippen LogP contribution is -2.41. The van der Waals surface area contributed by atoms with E-state index in [-0.39, 0.29) is 18.3 Å². The van der Waals surface area contributed by atoms with Gasteiger partial charge in [0.1, 0.15) is 0 Å². The molecule has 2 aliphatic rings. The van der Waals surface area contributed by atoms with Gasteiger partial charge in [0.05, 0.1) is 0 Å². The molecule has 0 N–H and O–H groups in total. The molecule has 1 aromatic heterocycles. The first-order chi connectivity index (χ1) is 9.22. The Hall–Kier alpha value is -0.580. The fourth-order valence-corrected chi connectivity index (χ4v) is 4.15. The van der Waals surface area contributed by atoms with Gasteiger partial charge in [0.15, 0.2) is 0 Å². The highest BCUT2D eigenvalue weighted by Gasteiger charge is 2.24. The first-order valence-electron chi connectivity index (χ1n) is 7.25. The van der Waals surface area contributed by atoms with Crippen molar-refractivity contribution in [2.75, 3.05) is 26.2 Å². The van der Waals surface area contributed by atoms with Gasteiger partial charge >= 0.3 is 0 Å². The summed E-state index contributed by atoms with van der Waals surface area (Å²) in [6.45, 7) is 7.14. The summed E-state index contributed by atoms with van der Waals surface area (Å²) >= 11 is 1.91. The van der Waals surface area contributed by atoms with Crippen LogP contribution in [0.15, 0.2) is 11.4 Å². The van der Waals surface area contributed by atoms with E-state index in [2.05, 4.69) is 16.3 Å². The van der Waals surface area contributed by atoms with Crippen LogP contribution in [0.4, 0.5) is 0 Å². The molecule has 5 heteroatoms. The summed E-state index contributed by atoms with van der Waals surface area (Å²) in [5, 5.41) is 2.22. The fourth-order valence-electron chi connectivity index (χ4n) is 3.26. The first-order valence-corrected chi connectivity index (χ1v) is 8.13. The molecule has 0 spiro atoms. The molecule has 3 heterocycles. The molecule has 1 saturated heterocycles. The Morgan fingerprint density at radius 1 is 1.35 bits per heavy atom. The van der Waals surface area contributed by atoms with E-state index in [1.165, 1.54) is 37.9 Å². The molecule has 0 radical (unpaired) electrons. The van der Waals surface area contributed by atoms with E-state index in [1.807, 2.05) is 16.2 Å². The summed E-state index contributed by atoms with van der Waals surface area (Å²) in [6, 6.07) is 2.28. The fraction of sp³-hybridized carbons (Fsp3) is 0.667. The highest BCUT2D eigenvalue weighted by molar-refractivity contribution is 7.10. The van der Waals surface area contributed by atoms with Crippen molar-refractivity contribution >= 4 is 29.7 Å². The number of halogens is 1. The number of hydrogen-bond acceptors (Lipinski definition) is 3. The lowest BCUT2D eigenvalue weighted by atomic mass is 9.95. The van der Waals surface area contributed by atoms with Gasteiger partial charge in [0, 0.05) is 44.5 Å². The van der Waals surface area contributed by atoms with Crippen LogP contribution in [0.2, 0.25) is 0 Å². The van der Waals surface area contributed by atoms with Gasteiger partial charge < -0.3 is 4.90 Å². The van der Waals surface area contributed by atoms with Crippen molar-refractivity contribution in [3.63, 3.8) is 0 Å². The van der Waals surface area contributed by atoms with Crippen LogP contribution in [-0.2, 0) is 17.8 Å². The van der Waals surface area contributed by atoms with Crippen LogP contribution < -0.4 is 0 Å². The van der Waals surface area contributed by atoms with Gasteiger partial charge in [-0.1, -0.05) is 0 Å². The second-order valence-corrected chi connectivity index (χ2v) is 6.80. The molecule has 112 valence electrons. The highest BCUT2D eigenvalue weighted by Crippen LogP contribution is 2.26. The van der Waals surface area contributed by atoms with Crippen LogP contribution in [-0.4, -0.2) is 41.9 Å². The molecule has 3 nitrogen and oxygen atoms in total. The molecule has 0 aromatic carbocycles. The Labute approximate surface area is 131 Å². The van der Waals surface area contributed by atoms with E-state index in [0.717, 1.165) is 25.6 Å². The Morgan fingerprint density at radius 2 is 2.10 bits per heavy atom. The highest BCUT2D eigenvalue weighted by atomic mass is 35.5. The van der Waals surface area contributed by atoms with Crippen LogP contribution in [0.25, 0.3) is 0 Å². The van der Waals surface area contributed by atoms with Crippen LogP contribution in [0, 0.1) is 5.92 Å². The molecule has 20 heavy (non-hydrogen) atoms. The minimum Gasteiger partial charge on any atom is -0.343 e. The predicted molar refractivity (Wildman–Crippen MR) is 85.5 cm³/mol. The van der Waals surface area contributed by atoms with Gasteiger partial charge in [0.25, 0.3) is 0 Å². The molecule has 0 unspecified atom stereocenters. The van der Waals surface area contributed by atoms with Gasteiger partial charge in [-0.3, -0.25) is 9.69 Å². The molecule has 1 aromatic rings. The number of nitrogens with zero attached hydrogens (tertiary/aromatic N) is 2. The smallest absolute Gasteiger partial charge is 0.219 e. The zero-order chi connectivity index (χ0) is 13.2. The number of amides is 1. The van der Waals surface area contributed by atoms with E-state index < -0.39 is 0 Å². The van der Waals surface area contributed by atoms with E-state index in [0.29, 0.717) is 0 Å². The third-order valence-corrected chi connectivity index (χ3v) is 5.49.